The first-order chi connectivity index (χ1) is 12.3. The molecule has 2 rings (SSSR count). The van der Waals surface area contributed by atoms with E-state index in [-0.39, 0.29) is 17.9 Å². The Bertz CT molecular complexity index is 754. The summed E-state index contributed by atoms with van der Waals surface area (Å²) < 4.78 is 46.3. The number of hydrogen-bond donors (Lipinski definition) is 2. The number of para-hydroxylation sites is 1. The number of alkyl halides is 3. The normalized spacial score (nSPS) is 13.4. The van der Waals surface area contributed by atoms with E-state index in [1.54, 1.807) is 11.4 Å². The van der Waals surface area contributed by atoms with Crippen LogP contribution in [0.5, 0.6) is 0 Å². The predicted molar refractivity (Wildman–Crippen MR) is 87.2 cm³/mol. The number of nitrogens with zero attached hydrogens (tertiary/aromatic N) is 1. The minimum Gasteiger partial charge on any atom is -0.463 e. The minimum atomic E-state index is -5.19. The standard InChI is InChI=1S/C17H16F3N3O3/c1-2-26-15(25)16(17(18,19)20,22-13-8-4-3-5-9-13)23-14(24)12-7-6-10-21-11-12/h3-11,22H,2H2,1H3,(H,23,24)/t16-/m1/s1. The Morgan fingerprint density at radius 2 is 1.81 bits per heavy atom. The fourth-order valence-corrected chi connectivity index (χ4v) is 2.11. The van der Waals surface area contributed by atoms with Gasteiger partial charge in [-0.1, -0.05) is 18.2 Å². The maximum atomic E-state index is 13.9. The van der Waals surface area contributed by atoms with Gasteiger partial charge in [-0.15, -0.1) is 0 Å². The molecule has 9 heteroatoms. The maximum Gasteiger partial charge on any atom is 0.441 e. The van der Waals surface area contributed by atoms with Crippen molar-refractivity contribution in [3.8, 4) is 0 Å². The van der Waals surface area contributed by atoms with Crippen molar-refractivity contribution in [2.24, 2.45) is 0 Å². The molecule has 2 aromatic rings. The average Bonchev–Trinajstić information content (AvgIpc) is 2.62. The van der Waals surface area contributed by atoms with Crippen molar-refractivity contribution in [2.75, 3.05) is 11.9 Å². The van der Waals surface area contributed by atoms with Gasteiger partial charge in [0.05, 0.1) is 12.2 Å². The topological polar surface area (TPSA) is 80.3 Å². The highest BCUT2D eigenvalue weighted by Crippen LogP contribution is 2.33. The van der Waals surface area contributed by atoms with Crippen molar-refractivity contribution >= 4 is 17.6 Å². The summed E-state index contributed by atoms with van der Waals surface area (Å²) in [6.07, 6.45) is -2.74. The summed E-state index contributed by atoms with van der Waals surface area (Å²) in [4.78, 5) is 28.2. The molecule has 0 bridgehead atoms. The lowest BCUT2D eigenvalue weighted by Crippen LogP contribution is -2.69. The van der Waals surface area contributed by atoms with E-state index in [0.29, 0.717) is 0 Å². The molecular weight excluding hydrogens is 351 g/mol. The van der Waals surface area contributed by atoms with Crippen LogP contribution in [-0.4, -0.2) is 35.3 Å². The van der Waals surface area contributed by atoms with Crippen molar-refractivity contribution in [1.82, 2.24) is 10.3 Å². The molecule has 1 heterocycles. The van der Waals surface area contributed by atoms with Crippen LogP contribution in [0.15, 0.2) is 54.9 Å². The molecule has 1 aromatic heterocycles. The van der Waals surface area contributed by atoms with E-state index in [4.69, 9.17) is 0 Å². The van der Waals surface area contributed by atoms with E-state index in [0.717, 1.165) is 6.20 Å². The molecule has 0 radical (unpaired) electrons. The number of halogens is 3. The highest BCUT2D eigenvalue weighted by atomic mass is 19.4. The number of aromatic nitrogens is 1. The molecule has 0 aliphatic carbocycles. The van der Waals surface area contributed by atoms with Gasteiger partial charge in [-0.25, -0.2) is 4.79 Å². The van der Waals surface area contributed by atoms with E-state index >= 15 is 0 Å². The number of rotatable bonds is 6. The van der Waals surface area contributed by atoms with Crippen LogP contribution in [0.2, 0.25) is 0 Å². The summed E-state index contributed by atoms with van der Waals surface area (Å²) in [6, 6.07) is 9.89. The second kappa shape index (κ2) is 7.85. The number of amides is 1. The van der Waals surface area contributed by atoms with Crippen molar-refractivity contribution in [1.29, 1.82) is 0 Å². The first-order valence-electron chi connectivity index (χ1n) is 7.60. The summed E-state index contributed by atoms with van der Waals surface area (Å²) in [6.45, 7) is 1.07. The molecule has 0 unspecified atom stereocenters. The molecular formula is C17H16F3N3O3. The van der Waals surface area contributed by atoms with Gasteiger partial charge in [-0.05, 0) is 31.2 Å². The largest absolute Gasteiger partial charge is 0.463 e. The number of nitrogens with one attached hydrogen (secondary N) is 2. The molecule has 0 saturated carbocycles. The Morgan fingerprint density at radius 1 is 1.12 bits per heavy atom. The van der Waals surface area contributed by atoms with Crippen LogP contribution in [0.4, 0.5) is 18.9 Å². The average molecular weight is 367 g/mol. The maximum absolute atomic E-state index is 13.9. The SMILES string of the molecule is CCOC(=O)[C@](NC(=O)c1cccnc1)(Nc1ccccc1)C(F)(F)F. The minimum absolute atomic E-state index is 0.0237. The smallest absolute Gasteiger partial charge is 0.441 e. The fraction of sp³-hybridized carbons (Fsp3) is 0.235. The molecule has 0 aliphatic rings. The molecule has 0 fully saturated rings. The summed E-state index contributed by atoms with van der Waals surface area (Å²) in [5.41, 5.74) is -3.62. The fourth-order valence-electron chi connectivity index (χ4n) is 2.11. The highest BCUT2D eigenvalue weighted by Gasteiger charge is 2.63. The number of benzene rings is 1. The van der Waals surface area contributed by atoms with E-state index in [9.17, 15) is 22.8 Å². The van der Waals surface area contributed by atoms with Gasteiger partial charge in [0.2, 0.25) is 0 Å². The molecule has 138 valence electrons. The molecule has 1 atom stereocenters. The molecule has 0 spiro atoms. The number of ether oxygens (including phenoxy) is 1. The van der Waals surface area contributed by atoms with Crippen LogP contribution in [0.3, 0.4) is 0 Å². The number of hydrogen-bond acceptors (Lipinski definition) is 5. The number of pyridine rings is 1. The summed E-state index contributed by atoms with van der Waals surface area (Å²) in [5, 5.41) is 3.80. The number of esters is 1. The van der Waals surface area contributed by atoms with Gasteiger partial charge in [0.15, 0.2) is 0 Å². The van der Waals surface area contributed by atoms with Crippen LogP contribution in [0.25, 0.3) is 0 Å². The lowest BCUT2D eigenvalue weighted by atomic mass is 10.1. The van der Waals surface area contributed by atoms with Crippen LogP contribution in [0, 0.1) is 0 Å². The van der Waals surface area contributed by atoms with E-state index in [2.05, 4.69) is 15.0 Å². The van der Waals surface area contributed by atoms with Gasteiger partial charge in [0, 0.05) is 18.1 Å². The zero-order chi connectivity index (χ0) is 19.2. The first-order valence-corrected chi connectivity index (χ1v) is 7.60. The molecule has 1 aromatic carbocycles. The third kappa shape index (κ3) is 4.11. The monoisotopic (exact) mass is 367 g/mol. The number of carbonyl (C=O) groups excluding carboxylic acids is 2. The van der Waals surface area contributed by atoms with Gasteiger partial charge >= 0.3 is 17.8 Å². The van der Waals surface area contributed by atoms with Gasteiger partial charge in [0.25, 0.3) is 5.91 Å². The van der Waals surface area contributed by atoms with Crippen LogP contribution >= 0.6 is 0 Å². The Kier molecular flexibility index (Phi) is 5.81. The number of carbonyl (C=O) groups is 2. The quantitative estimate of drug-likeness (QED) is 0.606. The molecule has 2 N–H and O–H groups in total. The predicted octanol–water partition coefficient (Wildman–Crippen LogP) is 2.75. The zero-order valence-corrected chi connectivity index (χ0v) is 13.7. The summed E-state index contributed by atoms with van der Waals surface area (Å²) in [7, 11) is 0. The Morgan fingerprint density at radius 3 is 2.35 bits per heavy atom. The molecule has 0 aliphatic heterocycles. The summed E-state index contributed by atoms with van der Waals surface area (Å²) in [5.74, 6) is -2.81. The molecule has 26 heavy (non-hydrogen) atoms. The van der Waals surface area contributed by atoms with Crippen LogP contribution < -0.4 is 10.6 Å². The van der Waals surface area contributed by atoms with E-state index < -0.39 is 23.7 Å². The van der Waals surface area contributed by atoms with Gasteiger partial charge in [0.1, 0.15) is 0 Å². The number of anilines is 1. The van der Waals surface area contributed by atoms with Crippen LogP contribution in [0.1, 0.15) is 17.3 Å². The molecule has 6 nitrogen and oxygen atoms in total. The van der Waals surface area contributed by atoms with Crippen LogP contribution in [-0.2, 0) is 9.53 Å². The van der Waals surface area contributed by atoms with Gasteiger partial charge < -0.3 is 15.4 Å². The van der Waals surface area contributed by atoms with Crippen molar-refractivity contribution in [3.63, 3.8) is 0 Å². The van der Waals surface area contributed by atoms with E-state index in [1.807, 2.05) is 0 Å². The van der Waals surface area contributed by atoms with Gasteiger partial charge in [-0.3, -0.25) is 9.78 Å². The Balaban J connectivity index is 2.47. The molecule has 1 amide bonds. The summed E-state index contributed by atoms with van der Waals surface area (Å²) >= 11 is 0. The third-order valence-electron chi connectivity index (χ3n) is 3.34. The highest BCUT2D eigenvalue weighted by molar-refractivity contribution is 5.99. The lowest BCUT2D eigenvalue weighted by molar-refractivity contribution is -0.204. The lowest BCUT2D eigenvalue weighted by Gasteiger charge is -2.35. The van der Waals surface area contributed by atoms with Crippen molar-refractivity contribution < 1.29 is 27.5 Å². The Labute approximate surface area is 147 Å². The second-order valence-corrected chi connectivity index (χ2v) is 5.16. The third-order valence-corrected chi connectivity index (χ3v) is 3.34. The first kappa shape index (κ1) is 19.2. The second-order valence-electron chi connectivity index (χ2n) is 5.16. The zero-order valence-electron chi connectivity index (χ0n) is 13.7. The Hall–Kier alpha value is -3.10. The van der Waals surface area contributed by atoms with E-state index in [1.165, 1.54) is 49.5 Å². The molecule has 0 saturated heterocycles. The van der Waals surface area contributed by atoms with Crippen molar-refractivity contribution in [2.45, 2.75) is 18.8 Å². The van der Waals surface area contributed by atoms with Gasteiger partial charge in [-0.2, -0.15) is 13.2 Å². The van der Waals surface area contributed by atoms with Crippen molar-refractivity contribution in [3.05, 3.63) is 60.4 Å².